The Morgan fingerprint density at radius 3 is 2.07 bits per heavy atom. The summed E-state index contributed by atoms with van der Waals surface area (Å²) in [6, 6.07) is 4.95. The van der Waals surface area contributed by atoms with Crippen molar-refractivity contribution in [3.05, 3.63) is 42.0 Å². The number of carbonyl (C=O) groups is 5. The highest BCUT2D eigenvalue weighted by Crippen LogP contribution is 2.26. The Hall–Kier alpha value is -4.17. The number of ether oxygens (including phenoxy) is 1. The molecule has 3 atom stereocenters. The average Bonchev–Trinajstić information content (AvgIpc) is 3.00. The summed E-state index contributed by atoms with van der Waals surface area (Å²) < 4.78 is 5.44. The van der Waals surface area contributed by atoms with E-state index in [0.29, 0.717) is 37.0 Å². The van der Waals surface area contributed by atoms with Gasteiger partial charge in [-0.05, 0) is 50.3 Å². The minimum absolute atomic E-state index is 0.168. The number of carboxylic acid groups (broad SMARTS) is 3. The van der Waals surface area contributed by atoms with E-state index < -0.39 is 47.8 Å². The number of Topliss-reactive ketones (excluding diaryl/α,β-unsaturated/α-hetero) is 1. The number of benzene rings is 1. The van der Waals surface area contributed by atoms with Gasteiger partial charge in [-0.15, -0.1) is 5.92 Å². The van der Waals surface area contributed by atoms with E-state index in [2.05, 4.69) is 24.1 Å². The smallest absolute Gasteiger partial charge is 0.337 e. The van der Waals surface area contributed by atoms with Gasteiger partial charge >= 0.3 is 17.9 Å². The van der Waals surface area contributed by atoms with Crippen LogP contribution < -0.4 is 10.1 Å². The normalized spacial score (nSPS) is 13.5. The molecule has 0 heterocycles. The van der Waals surface area contributed by atoms with Crippen LogP contribution in [0.15, 0.2) is 36.4 Å². The number of hydrogen-bond donors (Lipinski definition) is 5. The van der Waals surface area contributed by atoms with Crippen molar-refractivity contribution in [2.75, 3.05) is 6.61 Å². The van der Waals surface area contributed by atoms with Crippen LogP contribution in [0.3, 0.4) is 0 Å². The average molecular weight is 644 g/mol. The third kappa shape index (κ3) is 15.7. The van der Waals surface area contributed by atoms with Gasteiger partial charge in [-0.3, -0.25) is 14.4 Å². The zero-order chi connectivity index (χ0) is 34.4. The van der Waals surface area contributed by atoms with Crippen molar-refractivity contribution < 1.29 is 49.1 Å². The molecule has 0 aliphatic heterocycles. The quantitative estimate of drug-likeness (QED) is 0.0555. The molecule has 0 radical (unpaired) electrons. The maximum Gasteiger partial charge on any atom is 0.337 e. The molecule has 0 aliphatic rings. The summed E-state index contributed by atoms with van der Waals surface area (Å²) in [4.78, 5) is 60.8. The SMILES string of the molecule is CC#CCOc1ccc(C[C@H](NC(=O)[C@H](/C=C/CCCCCCC(=O)CCCCCCC)[C@@](O)(CC(=O)O)C(=O)O)C(=O)O)cc1. The molecule has 0 aliphatic carbocycles. The molecule has 11 nitrogen and oxygen atoms in total. The molecule has 1 aromatic rings. The molecule has 0 fully saturated rings. The number of hydrogen-bond acceptors (Lipinski definition) is 7. The van der Waals surface area contributed by atoms with Crippen molar-refractivity contribution in [3.63, 3.8) is 0 Å². The van der Waals surface area contributed by atoms with Gasteiger partial charge in [-0.25, -0.2) is 9.59 Å². The molecule has 1 rings (SSSR count). The van der Waals surface area contributed by atoms with Crippen LogP contribution >= 0.6 is 0 Å². The van der Waals surface area contributed by atoms with Crippen LogP contribution in [0, 0.1) is 17.8 Å². The molecule has 0 saturated carbocycles. The van der Waals surface area contributed by atoms with Crippen LogP contribution in [-0.2, 0) is 30.4 Å². The Labute approximate surface area is 271 Å². The fraction of sp³-hybridized carbons (Fsp3) is 0.571. The van der Waals surface area contributed by atoms with Gasteiger partial charge in [0.2, 0.25) is 5.91 Å². The molecule has 0 saturated heterocycles. The summed E-state index contributed by atoms with van der Waals surface area (Å²) in [6.45, 7) is 4.01. The van der Waals surface area contributed by atoms with Crippen LogP contribution in [0.5, 0.6) is 5.75 Å². The van der Waals surface area contributed by atoms with E-state index in [-0.39, 0.29) is 18.8 Å². The molecule has 46 heavy (non-hydrogen) atoms. The first-order valence-corrected chi connectivity index (χ1v) is 15.9. The second-order valence-corrected chi connectivity index (χ2v) is 11.3. The lowest BCUT2D eigenvalue weighted by Crippen LogP contribution is -2.55. The molecule has 0 unspecified atom stereocenters. The summed E-state index contributed by atoms with van der Waals surface area (Å²) in [5.41, 5.74) is -2.49. The van der Waals surface area contributed by atoms with Gasteiger partial charge in [0.05, 0.1) is 12.3 Å². The molecular weight excluding hydrogens is 594 g/mol. The molecule has 0 bridgehead atoms. The molecule has 0 aromatic heterocycles. The number of aliphatic carboxylic acids is 3. The number of amides is 1. The van der Waals surface area contributed by atoms with Crippen molar-refractivity contribution in [2.45, 2.75) is 115 Å². The monoisotopic (exact) mass is 643 g/mol. The fourth-order valence-corrected chi connectivity index (χ4v) is 4.84. The standard InChI is InChI=1S/C35H49NO10/c1-3-5-7-10-13-16-27(37)17-14-11-8-9-12-15-18-29(35(45,34(43)44)25-31(38)39)32(40)36-30(33(41)42)24-26-19-21-28(22-20-26)46-23-6-4-2/h15,18-22,29-30,45H,3,5,7-14,16-17,23-25H2,1-2H3,(H,36,40)(H,38,39)(H,41,42)(H,43,44)/b18-15+/t29-,30-,35-/m0/s1. The zero-order valence-electron chi connectivity index (χ0n) is 27.0. The van der Waals surface area contributed by atoms with Crippen LogP contribution in [0.1, 0.15) is 103 Å². The Bertz CT molecular complexity index is 1210. The summed E-state index contributed by atoms with van der Waals surface area (Å²) in [7, 11) is 0. The number of carbonyl (C=O) groups excluding carboxylic acids is 2. The van der Waals surface area contributed by atoms with Crippen molar-refractivity contribution in [1.29, 1.82) is 0 Å². The van der Waals surface area contributed by atoms with Crippen molar-refractivity contribution in [2.24, 2.45) is 5.92 Å². The molecule has 1 amide bonds. The molecular formula is C35H49NO10. The summed E-state index contributed by atoms with van der Waals surface area (Å²) in [6.07, 6.45) is 11.2. The topological polar surface area (TPSA) is 188 Å². The van der Waals surface area contributed by atoms with Gasteiger partial charge in [0, 0.05) is 19.3 Å². The van der Waals surface area contributed by atoms with E-state index in [9.17, 15) is 44.4 Å². The van der Waals surface area contributed by atoms with E-state index in [1.807, 2.05) is 0 Å². The minimum Gasteiger partial charge on any atom is -0.481 e. The van der Waals surface area contributed by atoms with E-state index in [4.69, 9.17) is 4.74 Å². The number of ketones is 1. The third-order valence-electron chi connectivity index (χ3n) is 7.52. The fourth-order valence-electron chi connectivity index (χ4n) is 4.84. The van der Waals surface area contributed by atoms with Crippen LogP contribution in [0.4, 0.5) is 0 Å². The maximum absolute atomic E-state index is 13.3. The largest absolute Gasteiger partial charge is 0.481 e. The van der Waals surface area contributed by atoms with E-state index in [1.54, 1.807) is 31.2 Å². The van der Waals surface area contributed by atoms with Gasteiger partial charge in [0.15, 0.2) is 5.60 Å². The van der Waals surface area contributed by atoms with Gasteiger partial charge in [0.25, 0.3) is 0 Å². The Balaban J connectivity index is 2.83. The van der Waals surface area contributed by atoms with E-state index >= 15 is 0 Å². The van der Waals surface area contributed by atoms with Gasteiger partial charge < -0.3 is 30.5 Å². The lowest BCUT2D eigenvalue weighted by Gasteiger charge is -2.29. The first kappa shape index (κ1) is 39.9. The highest BCUT2D eigenvalue weighted by molar-refractivity contribution is 5.94. The number of nitrogens with one attached hydrogen (secondary N) is 1. The zero-order valence-corrected chi connectivity index (χ0v) is 27.0. The maximum atomic E-state index is 13.3. The number of allylic oxidation sites excluding steroid dienone is 1. The van der Waals surface area contributed by atoms with Crippen LogP contribution in [-0.4, -0.2) is 68.3 Å². The summed E-state index contributed by atoms with van der Waals surface area (Å²) >= 11 is 0. The predicted molar refractivity (Wildman–Crippen MR) is 172 cm³/mol. The van der Waals surface area contributed by atoms with Crippen LogP contribution in [0.2, 0.25) is 0 Å². The van der Waals surface area contributed by atoms with Crippen LogP contribution in [0.25, 0.3) is 0 Å². The lowest BCUT2D eigenvalue weighted by atomic mass is 9.82. The summed E-state index contributed by atoms with van der Waals surface area (Å²) in [5, 5.41) is 41.9. The Kier molecular flexibility index (Phi) is 19.4. The minimum atomic E-state index is -3.02. The van der Waals surface area contributed by atoms with Crippen molar-refractivity contribution in [3.8, 4) is 17.6 Å². The first-order valence-electron chi connectivity index (χ1n) is 15.9. The molecule has 5 N–H and O–H groups in total. The number of rotatable bonds is 25. The second kappa shape index (κ2) is 22.4. The Morgan fingerprint density at radius 1 is 0.913 bits per heavy atom. The van der Waals surface area contributed by atoms with Gasteiger partial charge in [-0.1, -0.05) is 75.7 Å². The van der Waals surface area contributed by atoms with E-state index in [0.717, 1.165) is 51.0 Å². The summed E-state index contributed by atoms with van der Waals surface area (Å²) in [5.74, 6) is -1.77. The predicted octanol–water partition coefficient (Wildman–Crippen LogP) is 4.93. The number of carboxylic acids is 3. The van der Waals surface area contributed by atoms with Gasteiger partial charge in [-0.2, -0.15) is 0 Å². The van der Waals surface area contributed by atoms with E-state index in [1.165, 1.54) is 12.5 Å². The highest BCUT2D eigenvalue weighted by Gasteiger charge is 2.49. The third-order valence-corrected chi connectivity index (χ3v) is 7.52. The molecule has 11 heteroatoms. The first-order chi connectivity index (χ1) is 21.9. The second-order valence-electron chi connectivity index (χ2n) is 11.3. The number of unbranched alkanes of at least 4 members (excludes halogenated alkanes) is 8. The molecule has 254 valence electrons. The Morgan fingerprint density at radius 2 is 1.52 bits per heavy atom. The highest BCUT2D eigenvalue weighted by atomic mass is 16.5. The molecule has 0 spiro atoms. The number of aliphatic hydroxyl groups is 1. The molecule has 1 aromatic carbocycles. The van der Waals surface area contributed by atoms with Crippen molar-refractivity contribution in [1.82, 2.24) is 5.32 Å². The van der Waals surface area contributed by atoms with Crippen molar-refractivity contribution >= 4 is 29.6 Å². The lowest BCUT2D eigenvalue weighted by molar-refractivity contribution is -0.172. The van der Waals surface area contributed by atoms with Gasteiger partial charge in [0.1, 0.15) is 24.2 Å².